The fourth-order valence-corrected chi connectivity index (χ4v) is 4.46. The molecule has 1 saturated carbocycles. The molecule has 3 N–H and O–H groups in total. The van der Waals surface area contributed by atoms with Gasteiger partial charge in [-0.15, -0.1) is 12.4 Å². The third-order valence-electron chi connectivity index (χ3n) is 6.18. The number of alkyl halides is 1. The van der Waals surface area contributed by atoms with Gasteiger partial charge in [-0.25, -0.2) is 9.18 Å². The first kappa shape index (κ1) is 23.3. The number of carbonyl (C=O) groups is 1. The zero-order valence-electron chi connectivity index (χ0n) is 17.1. The Hall–Kier alpha value is -2.39. The topological polar surface area (TPSA) is 97.8 Å². The summed E-state index contributed by atoms with van der Waals surface area (Å²) in [7, 11) is 1.40. The minimum Gasteiger partial charge on any atom is -0.492 e. The van der Waals surface area contributed by atoms with Crippen LogP contribution in [0.2, 0.25) is 0 Å². The number of hydrogen-bond donors (Lipinski definition) is 2. The lowest BCUT2D eigenvalue weighted by molar-refractivity contribution is 0.0695. The van der Waals surface area contributed by atoms with Gasteiger partial charge in [0, 0.05) is 31.4 Å². The molecule has 170 valence electrons. The maximum Gasteiger partial charge on any atom is 0.341 e. The van der Waals surface area contributed by atoms with Crippen LogP contribution in [-0.2, 0) is 0 Å². The number of aromatic nitrogens is 1. The molecule has 2 aromatic rings. The zero-order chi connectivity index (χ0) is 21.6. The second-order valence-corrected chi connectivity index (χ2v) is 8.09. The van der Waals surface area contributed by atoms with Crippen LogP contribution in [0.15, 0.2) is 17.1 Å². The monoisotopic (exact) mass is 457 g/mol. The smallest absolute Gasteiger partial charge is 0.341 e. The first-order chi connectivity index (χ1) is 14.4. The van der Waals surface area contributed by atoms with E-state index < -0.39 is 29.5 Å². The van der Waals surface area contributed by atoms with Crippen LogP contribution < -0.4 is 20.8 Å². The molecule has 0 bridgehead atoms. The molecule has 1 aliphatic carbocycles. The van der Waals surface area contributed by atoms with E-state index in [2.05, 4.69) is 0 Å². The number of carboxylic acid groups (broad SMARTS) is 1. The highest BCUT2D eigenvalue weighted by atomic mass is 35.5. The number of pyridine rings is 1. The number of methoxy groups -OCH3 is 1. The maximum atomic E-state index is 15.3. The van der Waals surface area contributed by atoms with Crippen LogP contribution in [0.5, 0.6) is 5.75 Å². The summed E-state index contributed by atoms with van der Waals surface area (Å²) in [6.07, 6.45) is 4.01. The minimum absolute atomic E-state index is 0. The molecule has 2 fully saturated rings. The van der Waals surface area contributed by atoms with Gasteiger partial charge in [-0.1, -0.05) is 0 Å². The molecule has 0 amide bonds. The Labute approximate surface area is 184 Å². The molecule has 10 heteroatoms. The van der Waals surface area contributed by atoms with Gasteiger partial charge >= 0.3 is 5.97 Å². The SMILES string of the molecule is COc1c(N2CCC(CCF)C(N)C2)c(F)cc2c(=O)c(C(=O)O)cn(C3CC3)c12.Cl. The Balaban J connectivity index is 0.00000272. The van der Waals surface area contributed by atoms with Gasteiger partial charge in [0.2, 0.25) is 5.43 Å². The van der Waals surface area contributed by atoms with Crippen molar-refractivity contribution in [2.45, 2.75) is 37.8 Å². The van der Waals surface area contributed by atoms with E-state index in [0.29, 0.717) is 31.4 Å². The number of carboxylic acids is 1. The van der Waals surface area contributed by atoms with Gasteiger partial charge < -0.3 is 25.0 Å². The summed E-state index contributed by atoms with van der Waals surface area (Å²) in [6.45, 7) is 0.383. The molecule has 1 saturated heterocycles. The van der Waals surface area contributed by atoms with Crippen molar-refractivity contribution >= 4 is 35.0 Å². The van der Waals surface area contributed by atoms with Crippen LogP contribution in [0.1, 0.15) is 42.1 Å². The Kier molecular flexibility index (Phi) is 6.76. The summed E-state index contributed by atoms with van der Waals surface area (Å²) < 4.78 is 35.3. The van der Waals surface area contributed by atoms with Gasteiger partial charge in [0.15, 0.2) is 11.6 Å². The number of piperidine rings is 1. The second kappa shape index (κ2) is 9.00. The second-order valence-electron chi connectivity index (χ2n) is 8.09. The minimum atomic E-state index is -1.35. The lowest BCUT2D eigenvalue weighted by atomic mass is 9.89. The van der Waals surface area contributed by atoms with Crippen LogP contribution in [-0.4, -0.2) is 48.6 Å². The van der Waals surface area contributed by atoms with Crippen molar-refractivity contribution in [1.29, 1.82) is 0 Å². The molecular weight excluding hydrogens is 432 g/mol. The van der Waals surface area contributed by atoms with Gasteiger partial charge in [-0.05, 0) is 37.7 Å². The highest BCUT2D eigenvalue weighted by molar-refractivity contribution is 5.97. The summed E-state index contributed by atoms with van der Waals surface area (Å²) in [5.74, 6) is -1.79. The molecule has 2 atom stereocenters. The summed E-state index contributed by atoms with van der Waals surface area (Å²) >= 11 is 0. The number of rotatable bonds is 6. The molecule has 2 heterocycles. The van der Waals surface area contributed by atoms with Gasteiger partial charge in [-0.2, -0.15) is 0 Å². The number of anilines is 1. The van der Waals surface area contributed by atoms with E-state index in [1.54, 1.807) is 9.47 Å². The number of hydrogen-bond acceptors (Lipinski definition) is 5. The van der Waals surface area contributed by atoms with Crippen molar-refractivity contribution in [3.63, 3.8) is 0 Å². The Morgan fingerprint density at radius 3 is 2.61 bits per heavy atom. The fraction of sp³-hybridized carbons (Fsp3) is 0.524. The van der Waals surface area contributed by atoms with E-state index in [4.69, 9.17) is 10.5 Å². The highest BCUT2D eigenvalue weighted by Crippen LogP contribution is 2.44. The summed E-state index contributed by atoms with van der Waals surface area (Å²) in [5, 5.41) is 9.40. The number of nitrogens with two attached hydrogens (primary N) is 1. The lowest BCUT2D eigenvalue weighted by Gasteiger charge is -2.38. The number of nitrogens with zero attached hydrogens (tertiary/aromatic N) is 2. The molecule has 2 unspecified atom stereocenters. The summed E-state index contributed by atoms with van der Waals surface area (Å²) in [4.78, 5) is 26.1. The van der Waals surface area contributed by atoms with Gasteiger partial charge in [-0.3, -0.25) is 9.18 Å². The molecule has 2 aliphatic rings. The first-order valence-corrected chi connectivity index (χ1v) is 10.1. The number of benzene rings is 1. The summed E-state index contributed by atoms with van der Waals surface area (Å²) in [6, 6.07) is 0.824. The van der Waals surface area contributed by atoms with Gasteiger partial charge in [0.1, 0.15) is 11.3 Å². The summed E-state index contributed by atoms with van der Waals surface area (Å²) in [5.41, 5.74) is 5.69. The Morgan fingerprint density at radius 2 is 2.06 bits per heavy atom. The van der Waals surface area contributed by atoms with Crippen LogP contribution >= 0.6 is 12.4 Å². The molecule has 31 heavy (non-hydrogen) atoms. The van der Waals surface area contributed by atoms with Crippen LogP contribution in [0.25, 0.3) is 10.9 Å². The quantitative estimate of drug-likeness (QED) is 0.691. The van der Waals surface area contributed by atoms with Gasteiger partial charge in [0.25, 0.3) is 0 Å². The molecule has 0 spiro atoms. The largest absolute Gasteiger partial charge is 0.492 e. The number of halogens is 3. The Morgan fingerprint density at radius 1 is 1.35 bits per heavy atom. The molecule has 1 aliphatic heterocycles. The van der Waals surface area contributed by atoms with Crippen molar-refractivity contribution < 1.29 is 23.4 Å². The van der Waals surface area contributed by atoms with Crippen molar-refractivity contribution in [3.8, 4) is 5.75 Å². The van der Waals surface area contributed by atoms with Crippen molar-refractivity contribution in [3.05, 3.63) is 33.9 Å². The van der Waals surface area contributed by atoms with Crippen molar-refractivity contribution in [2.75, 3.05) is 31.8 Å². The predicted molar refractivity (Wildman–Crippen MR) is 116 cm³/mol. The Bertz CT molecular complexity index is 1060. The first-order valence-electron chi connectivity index (χ1n) is 10.1. The van der Waals surface area contributed by atoms with Crippen LogP contribution in [0, 0.1) is 11.7 Å². The van der Waals surface area contributed by atoms with Gasteiger partial charge in [0.05, 0.1) is 24.7 Å². The fourth-order valence-electron chi connectivity index (χ4n) is 4.46. The average molecular weight is 458 g/mol. The third-order valence-corrected chi connectivity index (χ3v) is 6.18. The normalized spacial score (nSPS) is 21.1. The van der Waals surface area contributed by atoms with Crippen molar-refractivity contribution in [1.82, 2.24) is 4.57 Å². The zero-order valence-corrected chi connectivity index (χ0v) is 18.0. The van der Waals surface area contributed by atoms with E-state index in [9.17, 15) is 19.1 Å². The van der Waals surface area contributed by atoms with Crippen LogP contribution in [0.3, 0.4) is 0 Å². The highest BCUT2D eigenvalue weighted by Gasteiger charge is 2.33. The molecule has 4 rings (SSSR count). The van der Waals surface area contributed by atoms with E-state index in [1.807, 2.05) is 0 Å². The van der Waals surface area contributed by atoms with E-state index in [0.717, 1.165) is 18.9 Å². The lowest BCUT2D eigenvalue weighted by Crippen LogP contribution is -2.49. The standard InChI is InChI=1S/C21H25F2N3O4.ClH/c1-30-20-17-13(19(27)14(21(28)29)9-26(17)12-2-3-12)8-15(23)18(20)25-7-5-11(4-6-22)16(24)10-25;/h8-9,11-12,16H,2-7,10,24H2,1H3,(H,28,29);1H. The number of fused-ring (bicyclic) bond motifs is 1. The maximum absolute atomic E-state index is 15.3. The van der Waals surface area contributed by atoms with Crippen molar-refractivity contribution in [2.24, 2.45) is 11.7 Å². The van der Waals surface area contributed by atoms with E-state index in [-0.39, 0.29) is 47.2 Å². The number of ether oxygens (including phenoxy) is 1. The third kappa shape index (κ3) is 4.08. The predicted octanol–water partition coefficient (Wildman–Crippen LogP) is 3.12. The molecular formula is C21H26ClF2N3O4. The number of aromatic carboxylic acids is 1. The molecule has 0 radical (unpaired) electrons. The van der Waals surface area contributed by atoms with E-state index >= 15 is 4.39 Å². The molecule has 1 aromatic heterocycles. The molecule has 7 nitrogen and oxygen atoms in total. The van der Waals surface area contributed by atoms with E-state index in [1.165, 1.54) is 13.3 Å². The molecule has 1 aromatic carbocycles. The van der Waals surface area contributed by atoms with Crippen LogP contribution in [0.4, 0.5) is 14.5 Å². The average Bonchev–Trinajstić information content (AvgIpc) is 3.54.